The van der Waals surface area contributed by atoms with Crippen molar-refractivity contribution < 1.29 is 8.78 Å². The lowest BCUT2D eigenvalue weighted by molar-refractivity contribution is 0.583. The minimum absolute atomic E-state index is 0.274. The first-order valence-corrected chi connectivity index (χ1v) is 4.67. The molecule has 1 fully saturated rings. The van der Waals surface area contributed by atoms with Crippen LogP contribution in [0.5, 0.6) is 0 Å². The highest BCUT2D eigenvalue weighted by molar-refractivity contribution is 5.44. The van der Waals surface area contributed by atoms with Crippen LogP contribution in [-0.4, -0.2) is 19.1 Å². The molecule has 1 atom stereocenters. The van der Waals surface area contributed by atoms with Crippen LogP contribution in [0.15, 0.2) is 18.2 Å². The van der Waals surface area contributed by atoms with Gasteiger partial charge in [0.25, 0.3) is 0 Å². The molecule has 2 rings (SSSR count). The van der Waals surface area contributed by atoms with Gasteiger partial charge in [-0.3, -0.25) is 0 Å². The fourth-order valence-corrected chi connectivity index (χ4v) is 1.65. The van der Waals surface area contributed by atoms with Crippen LogP contribution in [0.25, 0.3) is 0 Å². The molecule has 1 aromatic carbocycles. The Morgan fingerprint density at radius 3 is 2.50 bits per heavy atom. The maximum atomic E-state index is 12.8. The van der Waals surface area contributed by atoms with E-state index in [1.165, 1.54) is 12.1 Å². The number of hydrogen-bond acceptors (Lipinski definition) is 2. The topological polar surface area (TPSA) is 24.1 Å². The molecule has 0 aliphatic carbocycles. The Bertz CT molecular complexity index is 302. The molecule has 2 nitrogen and oxygen atoms in total. The summed E-state index contributed by atoms with van der Waals surface area (Å²) in [6.07, 6.45) is 0.984. The average Bonchev–Trinajstić information content (AvgIpc) is 2.54. The van der Waals surface area contributed by atoms with Gasteiger partial charge in [0.15, 0.2) is 0 Å². The predicted molar refractivity (Wildman–Crippen MR) is 51.3 cm³/mol. The molecule has 1 aliphatic rings. The molecule has 1 unspecified atom stereocenters. The summed E-state index contributed by atoms with van der Waals surface area (Å²) < 4.78 is 25.6. The molecule has 76 valence electrons. The van der Waals surface area contributed by atoms with Crippen molar-refractivity contribution in [3.8, 4) is 0 Å². The van der Waals surface area contributed by atoms with Crippen LogP contribution >= 0.6 is 0 Å². The average molecular weight is 198 g/mol. The van der Waals surface area contributed by atoms with Gasteiger partial charge in [0, 0.05) is 24.3 Å². The van der Waals surface area contributed by atoms with Crippen molar-refractivity contribution in [3.05, 3.63) is 29.8 Å². The summed E-state index contributed by atoms with van der Waals surface area (Å²) in [5.41, 5.74) is 0.510. The Morgan fingerprint density at radius 2 is 1.93 bits per heavy atom. The summed E-state index contributed by atoms with van der Waals surface area (Å²) in [6.45, 7) is 1.80. The lowest BCUT2D eigenvalue weighted by atomic mass is 10.2. The molecule has 4 heteroatoms. The van der Waals surface area contributed by atoms with E-state index in [9.17, 15) is 8.78 Å². The number of nitrogens with one attached hydrogen (secondary N) is 2. The molecule has 0 spiro atoms. The number of hydrogen-bond donors (Lipinski definition) is 2. The minimum atomic E-state index is -0.543. The van der Waals surface area contributed by atoms with Crippen molar-refractivity contribution in [2.45, 2.75) is 12.5 Å². The SMILES string of the molecule is Fc1cc(F)cc(NC2CCNC2)c1. The van der Waals surface area contributed by atoms with Gasteiger partial charge in [-0.25, -0.2) is 8.78 Å². The zero-order valence-corrected chi connectivity index (χ0v) is 7.69. The second kappa shape index (κ2) is 3.92. The molecule has 1 aliphatic heterocycles. The fraction of sp³-hybridized carbons (Fsp3) is 0.400. The van der Waals surface area contributed by atoms with Crippen LogP contribution in [0.4, 0.5) is 14.5 Å². The van der Waals surface area contributed by atoms with Gasteiger partial charge in [0.1, 0.15) is 11.6 Å². The number of anilines is 1. The van der Waals surface area contributed by atoms with E-state index in [0.29, 0.717) is 5.69 Å². The van der Waals surface area contributed by atoms with Gasteiger partial charge >= 0.3 is 0 Å². The van der Waals surface area contributed by atoms with Crippen molar-refractivity contribution in [1.82, 2.24) is 5.32 Å². The van der Waals surface area contributed by atoms with Crippen LogP contribution in [0.2, 0.25) is 0 Å². The zero-order chi connectivity index (χ0) is 9.97. The quantitative estimate of drug-likeness (QED) is 0.756. The van der Waals surface area contributed by atoms with Crippen LogP contribution in [0.1, 0.15) is 6.42 Å². The molecule has 0 aromatic heterocycles. The Hall–Kier alpha value is -1.16. The van der Waals surface area contributed by atoms with E-state index in [-0.39, 0.29) is 6.04 Å². The summed E-state index contributed by atoms with van der Waals surface area (Å²) in [6, 6.07) is 3.76. The second-order valence-electron chi connectivity index (χ2n) is 3.49. The van der Waals surface area contributed by atoms with E-state index < -0.39 is 11.6 Å². The maximum Gasteiger partial charge on any atom is 0.128 e. The normalized spacial score (nSPS) is 21.1. The molecule has 1 saturated heterocycles. The summed E-state index contributed by atoms with van der Waals surface area (Å²) in [4.78, 5) is 0. The molecule has 0 bridgehead atoms. The van der Waals surface area contributed by atoms with Crippen LogP contribution < -0.4 is 10.6 Å². The van der Waals surface area contributed by atoms with E-state index in [1.807, 2.05) is 0 Å². The maximum absolute atomic E-state index is 12.8. The van der Waals surface area contributed by atoms with E-state index in [0.717, 1.165) is 25.6 Å². The van der Waals surface area contributed by atoms with Crippen LogP contribution in [0, 0.1) is 11.6 Å². The van der Waals surface area contributed by atoms with Crippen molar-refractivity contribution >= 4 is 5.69 Å². The molecule has 1 heterocycles. The first-order chi connectivity index (χ1) is 6.74. The minimum Gasteiger partial charge on any atom is -0.381 e. The predicted octanol–water partition coefficient (Wildman–Crippen LogP) is 1.74. The van der Waals surface area contributed by atoms with E-state index >= 15 is 0 Å². The molecular weight excluding hydrogens is 186 g/mol. The largest absolute Gasteiger partial charge is 0.381 e. The number of halogens is 2. The summed E-state index contributed by atoms with van der Waals surface area (Å²) in [5, 5.41) is 6.25. The summed E-state index contributed by atoms with van der Waals surface area (Å²) in [5.74, 6) is -1.09. The van der Waals surface area contributed by atoms with Crippen molar-refractivity contribution in [1.29, 1.82) is 0 Å². The van der Waals surface area contributed by atoms with Gasteiger partial charge in [-0.2, -0.15) is 0 Å². The molecule has 2 N–H and O–H groups in total. The van der Waals surface area contributed by atoms with Crippen molar-refractivity contribution in [2.75, 3.05) is 18.4 Å². The Morgan fingerprint density at radius 1 is 1.21 bits per heavy atom. The Labute approximate surface area is 81.3 Å². The van der Waals surface area contributed by atoms with Gasteiger partial charge < -0.3 is 10.6 Å². The third-order valence-corrected chi connectivity index (χ3v) is 2.29. The third kappa shape index (κ3) is 2.20. The number of rotatable bonds is 2. The lowest BCUT2D eigenvalue weighted by Gasteiger charge is -2.12. The molecule has 0 radical (unpaired) electrons. The molecule has 0 amide bonds. The standard InChI is InChI=1S/C10H12F2N2/c11-7-3-8(12)5-10(4-7)14-9-1-2-13-6-9/h3-5,9,13-14H,1-2,6H2. The van der Waals surface area contributed by atoms with Gasteiger partial charge in [-0.1, -0.05) is 0 Å². The molecule has 0 saturated carbocycles. The molecule has 1 aromatic rings. The van der Waals surface area contributed by atoms with Crippen LogP contribution in [0.3, 0.4) is 0 Å². The van der Waals surface area contributed by atoms with E-state index in [1.54, 1.807) is 0 Å². The summed E-state index contributed by atoms with van der Waals surface area (Å²) in [7, 11) is 0. The lowest BCUT2D eigenvalue weighted by Crippen LogP contribution is -2.22. The Balaban J connectivity index is 2.07. The van der Waals surface area contributed by atoms with Gasteiger partial charge in [-0.15, -0.1) is 0 Å². The highest BCUT2D eigenvalue weighted by Crippen LogP contribution is 2.15. The van der Waals surface area contributed by atoms with E-state index in [4.69, 9.17) is 0 Å². The van der Waals surface area contributed by atoms with Crippen molar-refractivity contribution in [2.24, 2.45) is 0 Å². The number of benzene rings is 1. The molecular formula is C10H12F2N2. The monoisotopic (exact) mass is 198 g/mol. The van der Waals surface area contributed by atoms with Gasteiger partial charge in [-0.05, 0) is 25.1 Å². The van der Waals surface area contributed by atoms with Crippen LogP contribution in [-0.2, 0) is 0 Å². The van der Waals surface area contributed by atoms with Crippen molar-refractivity contribution in [3.63, 3.8) is 0 Å². The first-order valence-electron chi connectivity index (χ1n) is 4.67. The third-order valence-electron chi connectivity index (χ3n) is 2.29. The highest BCUT2D eigenvalue weighted by atomic mass is 19.1. The van der Waals surface area contributed by atoms with Gasteiger partial charge in [0.05, 0.1) is 0 Å². The fourth-order valence-electron chi connectivity index (χ4n) is 1.65. The Kier molecular flexibility index (Phi) is 2.63. The summed E-state index contributed by atoms with van der Waals surface area (Å²) >= 11 is 0. The smallest absolute Gasteiger partial charge is 0.128 e. The zero-order valence-electron chi connectivity index (χ0n) is 7.69. The van der Waals surface area contributed by atoms with E-state index in [2.05, 4.69) is 10.6 Å². The van der Waals surface area contributed by atoms with Gasteiger partial charge in [0.2, 0.25) is 0 Å². The molecule has 14 heavy (non-hydrogen) atoms. The second-order valence-corrected chi connectivity index (χ2v) is 3.49. The highest BCUT2D eigenvalue weighted by Gasteiger charge is 2.14. The first kappa shape index (κ1) is 9.40.